The van der Waals surface area contributed by atoms with E-state index in [1.165, 1.54) is 29.4 Å². The number of carbonyl (C=O) groups excluding carboxylic acids is 3. The molecule has 0 fully saturated rings. The van der Waals surface area contributed by atoms with Crippen LogP contribution < -0.4 is 5.32 Å². The van der Waals surface area contributed by atoms with Crippen LogP contribution in [0.1, 0.15) is 10.4 Å². The fraction of sp³-hybridized carbons (Fsp3) is 0.211. The van der Waals surface area contributed by atoms with Crippen molar-refractivity contribution in [1.29, 1.82) is 0 Å². The quantitative estimate of drug-likeness (QED) is 0.599. The summed E-state index contributed by atoms with van der Waals surface area (Å²) in [7, 11) is 1.48. The number of nitrogens with one attached hydrogen (secondary N) is 1. The standard InChI is InChI=1S/C19H20N2O4S/c1-14-5-7-15(8-6-14)20-17(22)12-21(2)18(23)13-25-19(24)10-9-16-4-3-11-26-16/h3-11H,12-13H2,1-2H3,(H,20,22)/b10-9+. The second-order valence-electron chi connectivity index (χ2n) is 5.62. The smallest absolute Gasteiger partial charge is 0.331 e. The monoisotopic (exact) mass is 372 g/mol. The Morgan fingerprint density at radius 1 is 1.19 bits per heavy atom. The van der Waals surface area contributed by atoms with Gasteiger partial charge in [-0.05, 0) is 36.6 Å². The number of rotatable bonds is 7. The van der Waals surface area contributed by atoms with E-state index in [4.69, 9.17) is 4.74 Å². The van der Waals surface area contributed by atoms with Crippen molar-refractivity contribution in [3.8, 4) is 0 Å². The summed E-state index contributed by atoms with van der Waals surface area (Å²) in [5.41, 5.74) is 1.75. The van der Waals surface area contributed by atoms with E-state index in [2.05, 4.69) is 5.32 Å². The number of nitrogens with zero attached hydrogens (tertiary/aromatic N) is 1. The van der Waals surface area contributed by atoms with Crippen LogP contribution in [0.25, 0.3) is 6.08 Å². The zero-order valence-corrected chi connectivity index (χ0v) is 15.4. The van der Waals surface area contributed by atoms with Crippen molar-refractivity contribution in [3.05, 3.63) is 58.3 Å². The highest BCUT2D eigenvalue weighted by molar-refractivity contribution is 7.10. The predicted octanol–water partition coefficient (Wildman–Crippen LogP) is 2.71. The van der Waals surface area contributed by atoms with Gasteiger partial charge in [-0.2, -0.15) is 0 Å². The van der Waals surface area contributed by atoms with Gasteiger partial charge in [0.25, 0.3) is 5.91 Å². The van der Waals surface area contributed by atoms with Crippen molar-refractivity contribution < 1.29 is 19.1 Å². The van der Waals surface area contributed by atoms with Crippen LogP contribution in [0.2, 0.25) is 0 Å². The Balaban J connectivity index is 1.73. The summed E-state index contributed by atoms with van der Waals surface area (Å²) in [5, 5.41) is 4.60. The fourth-order valence-electron chi connectivity index (χ4n) is 1.97. The molecule has 0 saturated carbocycles. The van der Waals surface area contributed by atoms with Crippen molar-refractivity contribution >= 4 is 40.9 Å². The zero-order valence-electron chi connectivity index (χ0n) is 14.6. The number of benzene rings is 1. The third-order valence-electron chi connectivity index (χ3n) is 3.41. The summed E-state index contributed by atoms with van der Waals surface area (Å²) in [6.07, 6.45) is 2.89. The van der Waals surface area contributed by atoms with Crippen LogP contribution in [0.4, 0.5) is 5.69 Å². The molecule has 0 spiro atoms. The van der Waals surface area contributed by atoms with E-state index in [9.17, 15) is 14.4 Å². The first-order chi connectivity index (χ1) is 12.4. The summed E-state index contributed by atoms with van der Waals surface area (Å²) in [4.78, 5) is 37.6. The molecule has 0 aliphatic carbocycles. The molecule has 1 aromatic heterocycles. The number of amides is 2. The molecule has 2 rings (SSSR count). The summed E-state index contributed by atoms with van der Waals surface area (Å²) >= 11 is 1.49. The average molecular weight is 372 g/mol. The molecule has 0 radical (unpaired) electrons. The van der Waals surface area contributed by atoms with Crippen molar-refractivity contribution in [2.24, 2.45) is 0 Å². The lowest BCUT2D eigenvalue weighted by Gasteiger charge is -2.16. The molecular formula is C19H20N2O4S. The Morgan fingerprint density at radius 2 is 1.92 bits per heavy atom. The number of anilines is 1. The van der Waals surface area contributed by atoms with Crippen LogP contribution in [-0.2, 0) is 19.1 Å². The molecule has 0 unspecified atom stereocenters. The molecule has 136 valence electrons. The van der Waals surface area contributed by atoms with E-state index in [1.807, 2.05) is 36.6 Å². The molecule has 0 atom stereocenters. The van der Waals surface area contributed by atoms with Gasteiger partial charge in [0.05, 0.1) is 6.54 Å². The Bertz CT molecular complexity index is 782. The van der Waals surface area contributed by atoms with Crippen LogP contribution in [0.15, 0.2) is 47.9 Å². The molecular weight excluding hydrogens is 352 g/mol. The number of likely N-dealkylation sites (N-methyl/N-ethyl adjacent to an activating group) is 1. The highest BCUT2D eigenvalue weighted by atomic mass is 32.1. The summed E-state index contributed by atoms with van der Waals surface area (Å²) in [6.45, 7) is 1.41. The van der Waals surface area contributed by atoms with E-state index in [-0.39, 0.29) is 12.5 Å². The van der Waals surface area contributed by atoms with Crippen molar-refractivity contribution in [2.75, 3.05) is 25.5 Å². The summed E-state index contributed by atoms with van der Waals surface area (Å²) in [6, 6.07) is 11.1. The number of hydrogen-bond acceptors (Lipinski definition) is 5. The maximum Gasteiger partial charge on any atom is 0.331 e. The maximum atomic E-state index is 12.0. The molecule has 1 heterocycles. The Kier molecular flexibility index (Phi) is 7.11. The highest BCUT2D eigenvalue weighted by Gasteiger charge is 2.14. The van der Waals surface area contributed by atoms with Crippen molar-refractivity contribution in [2.45, 2.75) is 6.92 Å². The fourth-order valence-corrected chi connectivity index (χ4v) is 2.59. The SMILES string of the molecule is Cc1ccc(NC(=O)CN(C)C(=O)COC(=O)/C=C/c2cccs2)cc1. The zero-order chi connectivity index (χ0) is 18.9. The van der Waals surface area contributed by atoms with Gasteiger partial charge in [-0.1, -0.05) is 23.8 Å². The van der Waals surface area contributed by atoms with Gasteiger partial charge in [-0.15, -0.1) is 11.3 Å². The first kappa shape index (κ1) is 19.4. The average Bonchev–Trinajstić information content (AvgIpc) is 3.13. The summed E-state index contributed by atoms with van der Waals surface area (Å²) in [5.74, 6) is -1.39. The molecule has 6 nitrogen and oxygen atoms in total. The number of ether oxygens (including phenoxy) is 1. The minimum absolute atomic E-state index is 0.130. The topological polar surface area (TPSA) is 75.7 Å². The van der Waals surface area contributed by atoms with Gasteiger partial charge < -0.3 is 15.0 Å². The van der Waals surface area contributed by atoms with E-state index < -0.39 is 18.5 Å². The van der Waals surface area contributed by atoms with Gasteiger partial charge in [0.2, 0.25) is 5.91 Å². The van der Waals surface area contributed by atoms with Crippen LogP contribution in [0.3, 0.4) is 0 Å². The normalized spacial score (nSPS) is 10.5. The number of hydrogen-bond donors (Lipinski definition) is 1. The van der Waals surface area contributed by atoms with Crippen LogP contribution >= 0.6 is 11.3 Å². The number of aryl methyl sites for hydroxylation is 1. The predicted molar refractivity (Wildman–Crippen MR) is 102 cm³/mol. The second-order valence-corrected chi connectivity index (χ2v) is 6.60. The number of carbonyl (C=O) groups is 3. The molecule has 2 aromatic rings. The van der Waals surface area contributed by atoms with E-state index >= 15 is 0 Å². The third-order valence-corrected chi connectivity index (χ3v) is 4.24. The minimum Gasteiger partial charge on any atom is -0.452 e. The molecule has 0 saturated heterocycles. The molecule has 0 aliphatic rings. The van der Waals surface area contributed by atoms with Crippen LogP contribution in [0, 0.1) is 6.92 Å². The number of esters is 1. The maximum absolute atomic E-state index is 12.0. The molecule has 0 aliphatic heterocycles. The van der Waals surface area contributed by atoms with Crippen LogP contribution in [-0.4, -0.2) is 42.9 Å². The lowest BCUT2D eigenvalue weighted by atomic mass is 10.2. The molecule has 2 amide bonds. The van der Waals surface area contributed by atoms with Crippen LogP contribution in [0.5, 0.6) is 0 Å². The van der Waals surface area contributed by atoms with Gasteiger partial charge in [0.15, 0.2) is 6.61 Å². The first-order valence-corrected chi connectivity index (χ1v) is 8.81. The molecule has 0 bridgehead atoms. The van der Waals surface area contributed by atoms with Gasteiger partial charge in [-0.3, -0.25) is 9.59 Å². The van der Waals surface area contributed by atoms with Crippen molar-refractivity contribution in [1.82, 2.24) is 4.90 Å². The highest BCUT2D eigenvalue weighted by Crippen LogP contribution is 2.10. The van der Waals surface area contributed by atoms with E-state index in [0.29, 0.717) is 5.69 Å². The first-order valence-electron chi connectivity index (χ1n) is 7.93. The molecule has 7 heteroatoms. The van der Waals surface area contributed by atoms with E-state index in [0.717, 1.165) is 10.4 Å². The van der Waals surface area contributed by atoms with Crippen molar-refractivity contribution in [3.63, 3.8) is 0 Å². The third kappa shape index (κ3) is 6.52. The lowest BCUT2D eigenvalue weighted by molar-refractivity contribution is -0.148. The largest absolute Gasteiger partial charge is 0.452 e. The van der Waals surface area contributed by atoms with Gasteiger partial charge in [-0.25, -0.2) is 4.79 Å². The minimum atomic E-state index is -0.607. The van der Waals surface area contributed by atoms with Gasteiger partial charge in [0, 0.05) is 23.7 Å². The van der Waals surface area contributed by atoms with Gasteiger partial charge >= 0.3 is 5.97 Å². The van der Waals surface area contributed by atoms with Gasteiger partial charge in [0.1, 0.15) is 0 Å². The second kappa shape index (κ2) is 9.53. The molecule has 1 N–H and O–H groups in total. The Labute approximate surface area is 156 Å². The Morgan fingerprint density at radius 3 is 2.58 bits per heavy atom. The Hall–Kier alpha value is -2.93. The molecule has 26 heavy (non-hydrogen) atoms. The lowest BCUT2D eigenvalue weighted by Crippen LogP contribution is -2.37. The van der Waals surface area contributed by atoms with E-state index in [1.54, 1.807) is 18.2 Å². The summed E-state index contributed by atoms with van der Waals surface area (Å²) < 4.78 is 4.89. The number of thiophene rings is 1. The molecule has 1 aromatic carbocycles.